The number of hydrogen-bond acceptors (Lipinski definition) is 7. The summed E-state index contributed by atoms with van der Waals surface area (Å²) in [5.74, 6) is -0.915. The number of halogens is 1. The fraction of sp³-hybridized carbons (Fsp3) is 0.211. The van der Waals surface area contributed by atoms with Crippen molar-refractivity contribution in [3.05, 3.63) is 64.8 Å². The van der Waals surface area contributed by atoms with Gasteiger partial charge in [-0.2, -0.15) is 4.98 Å². The van der Waals surface area contributed by atoms with Crippen molar-refractivity contribution in [1.29, 1.82) is 0 Å². The summed E-state index contributed by atoms with van der Waals surface area (Å²) in [6, 6.07) is 8.75. The average Bonchev–Trinajstić information content (AvgIpc) is 3.10. The van der Waals surface area contributed by atoms with Crippen molar-refractivity contribution in [2.24, 2.45) is 0 Å². The molecule has 0 aliphatic carbocycles. The Balaban J connectivity index is 1.74. The molecule has 146 valence electrons. The van der Waals surface area contributed by atoms with E-state index in [1.54, 1.807) is 26.0 Å². The summed E-state index contributed by atoms with van der Waals surface area (Å²) in [5.41, 5.74) is 1.62. The van der Waals surface area contributed by atoms with Gasteiger partial charge in [0.2, 0.25) is 5.82 Å². The smallest absolute Gasteiger partial charge is 0.338 e. The third kappa shape index (κ3) is 4.25. The van der Waals surface area contributed by atoms with Crippen LogP contribution in [-0.2, 0) is 21.2 Å². The minimum absolute atomic E-state index is 0.0199. The van der Waals surface area contributed by atoms with Gasteiger partial charge in [0.25, 0.3) is 5.89 Å². The van der Waals surface area contributed by atoms with Gasteiger partial charge < -0.3 is 9.26 Å². The number of nitrogens with zero attached hydrogens (tertiary/aromatic N) is 2. The lowest BCUT2D eigenvalue weighted by atomic mass is 10.1. The fourth-order valence-electron chi connectivity index (χ4n) is 2.42. The highest BCUT2D eigenvalue weighted by atomic mass is 32.2. The molecule has 3 aromatic rings. The molecule has 3 rings (SSSR count). The van der Waals surface area contributed by atoms with E-state index >= 15 is 0 Å². The minimum atomic E-state index is -3.46. The number of carbonyl (C=O) groups is 1. The summed E-state index contributed by atoms with van der Waals surface area (Å²) >= 11 is 0. The van der Waals surface area contributed by atoms with Gasteiger partial charge in [-0.25, -0.2) is 17.6 Å². The molecular weight excluding hydrogens is 387 g/mol. The largest absolute Gasteiger partial charge is 0.452 e. The molecule has 0 spiro atoms. The topological polar surface area (TPSA) is 99.4 Å². The Kier molecular flexibility index (Phi) is 5.28. The van der Waals surface area contributed by atoms with Crippen LogP contribution in [0.4, 0.5) is 4.39 Å². The third-order valence-corrected chi connectivity index (χ3v) is 5.19. The first-order chi connectivity index (χ1) is 13.1. The van der Waals surface area contributed by atoms with Crippen LogP contribution in [0.3, 0.4) is 0 Å². The SMILES string of the molecule is Cc1ccc(-c2noc(COC(=O)c3cc(S(C)(=O)=O)ccc3C)n2)cc1F. The van der Waals surface area contributed by atoms with Crippen LogP contribution >= 0.6 is 0 Å². The number of carbonyl (C=O) groups excluding carboxylic acids is 1. The summed E-state index contributed by atoms with van der Waals surface area (Å²) in [6.45, 7) is 3.00. The second-order valence-corrected chi connectivity index (χ2v) is 8.32. The maximum atomic E-state index is 13.7. The van der Waals surface area contributed by atoms with Crippen molar-refractivity contribution in [2.75, 3.05) is 6.26 Å². The van der Waals surface area contributed by atoms with Crippen LogP contribution < -0.4 is 0 Å². The molecule has 0 saturated heterocycles. The van der Waals surface area contributed by atoms with Crippen molar-refractivity contribution in [2.45, 2.75) is 25.3 Å². The first kappa shape index (κ1) is 19.7. The van der Waals surface area contributed by atoms with E-state index in [9.17, 15) is 17.6 Å². The minimum Gasteiger partial charge on any atom is -0.452 e. The molecule has 2 aromatic carbocycles. The number of hydrogen-bond donors (Lipinski definition) is 0. The van der Waals surface area contributed by atoms with E-state index in [1.165, 1.54) is 24.3 Å². The zero-order valence-electron chi connectivity index (χ0n) is 15.4. The highest BCUT2D eigenvalue weighted by molar-refractivity contribution is 7.90. The summed E-state index contributed by atoms with van der Waals surface area (Å²) in [7, 11) is -3.46. The molecule has 9 heteroatoms. The number of benzene rings is 2. The Morgan fingerprint density at radius 2 is 1.86 bits per heavy atom. The van der Waals surface area contributed by atoms with Gasteiger partial charge in [0.15, 0.2) is 16.4 Å². The molecule has 28 heavy (non-hydrogen) atoms. The molecule has 0 fully saturated rings. The quantitative estimate of drug-likeness (QED) is 0.602. The molecule has 0 unspecified atom stereocenters. The lowest BCUT2D eigenvalue weighted by Gasteiger charge is -2.07. The molecule has 0 amide bonds. The molecular formula is C19H17FN2O5S. The predicted molar refractivity (Wildman–Crippen MR) is 97.8 cm³/mol. The van der Waals surface area contributed by atoms with Gasteiger partial charge in [-0.05, 0) is 43.2 Å². The van der Waals surface area contributed by atoms with E-state index in [-0.39, 0.29) is 28.8 Å². The molecule has 0 aliphatic heterocycles. The van der Waals surface area contributed by atoms with E-state index in [0.717, 1.165) is 6.26 Å². The van der Waals surface area contributed by atoms with Gasteiger partial charge in [0.05, 0.1) is 10.5 Å². The number of ether oxygens (including phenoxy) is 1. The van der Waals surface area contributed by atoms with Crippen LogP contribution in [0.2, 0.25) is 0 Å². The normalized spacial score (nSPS) is 11.4. The van der Waals surface area contributed by atoms with E-state index in [1.807, 2.05) is 0 Å². The van der Waals surface area contributed by atoms with Crippen molar-refractivity contribution >= 4 is 15.8 Å². The molecule has 0 radical (unpaired) electrons. The van der Waals surface area contributed by atoms with Crippen molar-refractivity contribution in [3.63, 3.8) is 0 Å². The van der Waals surface area contributed by atoms with Gasteiger partial charge in [0.1, 0.15) is 5.82 Å². The van der Waals surface area contributed by atoms with Crippen LogP contribution in [0, 0.1) is 19.7 Å². The number of aromatic nitrogens is 2. The molecule has 0 bridgehead atoms. The van der Waals surface area contributed by atoms with Crippen molar-refractivity contribution in [3.8, 4) is 11.4 Å². The van der Waals surface area contributed by atoms with Gasteiger partial charge in [-0.15, -0.1) is 0 Å². The summed E-state index contributed by atoms with van der Waals surface area (Å²) < 4.78 is 47.2. The standard InChI is InChI=1S/C19H17FN2O5S/c1-11-5-7-14(28(3,24)25)9-15(11)19(23)26-10-17-21-18(22-27-17)13-6-4-12(2)16(20)8-13/h4-9H,10H2,1-3H3. The highest BCUT2D eigenvalue weighted by Gasteiger charge is 2.17. The monoisotopic (exact) mass is 404 g/mol. The molecule has 1 aromatic heterocycles. The summed E-state index contributed by atoms with van der Waals surface area (Å²) in [4.78, 5) is 16.4. The lowest BCUT2D eigenvalue weighted by Crippen LogP contribution is -2.09. The maximum absolute atomic E-state index is 13.7. The molecule has 0 N–H and O–H groups in total. The van der Waals surface area contributed by atoms with Crippen LogP contribution in [0.25, 0.3) is 11.4 Å². The van der Waals surface area contributed by atoms with Gasteiger partial charge in [-0.1, -0.05) is 23.4 Å². The number of esters is 1. The molecule has 0 aliphatic rings. The van der Waals surface area contributed by atoms with Gasteiger partial charge in [-0.3, -0.25) is 0 Å². The first-order valence-electron chi connectivity index (χ1n) is 8.22. The fourth-order valence-corrected chi connectivity index (χ4v) is 3.07. The zero-order valence-corrected chi connectivity index (χ0v) is 16.2. The van der Waals surface area contributed by atoms with E-state index in [4.69, 9.17) is 9.26 Å². The van der Waals surface area contributed by atoms with E-state index < -0.39 is 21.6 Å². The predicted octanol–water partition coefficient (Wildman–Crippen LogP) is 3.25. The number of aryl methyl sites for hydroxylation is 2. The van der Waals surface area contributed by atoms with Crippen LogP contribution in [-0.4, -0.2) is 30.8 Å². The lowest BCUT2D eigenvalue weighted by molar-refractivity contribution is 0.0428. The number of rotatable bonds is 5. The average molecular weight is 404 g/mol. The Bertz CT molecular complexity index is 1150. The third-order valence-electron chi connectivity index (χ3n) is 4.08. The Morgan fingerprint density at radius 1 is 1.14 bits per heavy atom. The van der Waals surface area contributed by atoms with Crippen LogP contribution in [0.15, 0.2) is 45.8 Å². The molecule has 0 atom stereocenters. The summed E-state index contributed by atoms with van der Waals surface area (Å²) in [6.07, 6.45) is 1.06. The molecule has 7 nitrogen and oxygen atoms in total. The van der Waals surface area contributed by atoms with E-state index in [0.29, 0.717) is 16.7 Å². The zero-order chi connectivity index (χ0) is 20.5. The maximum Gasteiger partial charge on any atom is 0.338 e. The Hall–Kier alpha value is -3.07. The highest BCUT2D eigenvalue weighted by Crippen LogP contribution is 2.20. The first-order valence-corrected chi connectivity index (χ1v) is 10.1. The Labute approximate surface area is 161 Å². The number of sulfone groups is 1. The van der Waals surface area contributed by atoms with E-state index in [2.05, 4.69) is 10.1 Å². The van der Waals surface area contributed by atoms with Crippen molar-refractivity contribution < 1.29 is 26.9 Å². The van der Waals surface area contributed by atoms with Crippen LogP contribution in [0.5, 0.6) is 0 Å². The Morgan fingerprint density at radius 3 is 2.54 bits per heavy atom. The summed E-state index contributed by atoms with van der Waals surface area (Å²) in [5, 5.41) is 3.75. The van der Waals surface area contributed by atoms with Crippen LogP contribution in [0.1, 0.15) is 27.4 Å². The van der Waals surface area contributed by atoms with Gasteiger partial charge in [0, 0.05) is 11.8 Å². The molecule has 0 saturated carbocycles. The second kappa shape index (κ2) is 7.51. The molecule has 1 heterocycles. The van der Waals surface area contributed by atoms with Crippen molar-refractivity contribution in [1.82, 2.24) is 10.1 Å². The second-order valence-electron chi connectivity index (χ2n) is 6.30. The van der Waals surface area contributed by atoms with Gasteiger partial charge >= 0.3 is 5.97 Å².